The third kappa shape index (κ3) is 2.87. The summed E-state index contributed by atoms with van der Waals surface area (Å²) in [5.41, 5.74) is 6.55. The number of nitrogens with one attached hydrogen (secondary N) is 2. The molecule has 2 aromatic heterocycles. The molecule has 0 amide bonds. The van der Waals surface area contributed by atoms with Crippen molar-refractivity contribution in [3.05, 3.63) is 36.2 Å². The molecule has 114 valence electrons. The molecule has 1 aliphatic rings. The Morgan fingerprint density at radius 2 is 2.33 bits per heavy atom. The van der Waals surface area contributed by atoms with E-state index in [4.69, 9.17) is 5.73 Å². The van der Waals surface area contributed by atoms with E-state index < -0.39 is 16.1 Å². The van der Waals surface area contributed by atoms with Crippen molar-refractivity contribution in [1.29, 1.82) is 0 Å². The highest BCUT2D eigenvalue weighted by Crippen LogP contribution is 2.37. The first-order chi connectivity index (χ1) is 10.0. The summed E-state index contributed by atoms with van der Waals surface area (Å²) in [6.45, 7) is 2.08. The van der Waals surface area contributed by atoms with Crippen molar-refractivity contribution in [2.24, 2.45) is 5.73 Å². The summed E-state index contributed by atoms with van der Waals surface area (Å²) in [6.07, 6.45) is 7.10. The van der Waals surface area contributed by atoms with Crippen LogP contribution in [0.4, 0.5) is 0 Å². The number of hydrogen-bond donors (Lipinski definition) is 3. The fourth-order valence-corrected chi connectivity index (χ4v) is 3.63. The van der Waals surface area contributed by atoms with Crippen molar-refractivity contribution in [1.82, 2.24) is 19.3 Å². The van der Waals surface area contributed by atoms with Crippen LogP contribution in [0.5, 0.6) is 0 Å². The summed E-state index contributed by atoms with van der Waals surface area (Å²) in [6, 6.07) is 1.63. The van der Waals surface area contributed by atoms with Crippen LogP contribution in [0.15, 0.2) is 29.6 Å². The van der Waals surface area contributed by atoms with Gasteiger partial charge in [0.1, 0.15) is 5.82 Å². The van der Waals surface area contributed by atoms with Crippen LogP contribution in [0, 0.1) is 0 Å². The monoisotopic (exact) mass is 309 g/mol. The molecule has 21 heavy (non-hydrogen) atoms. The topological polar surface area (TPSA) is 106 Å². The van der Waals surface area contributed by atoms with E-state index >= 15 is 0 Å². The predicted molar refractivity (Wildman–Crippen MR) is 77.9 cm³/mol. The average Bonchev–Trinajstić information content (AvgIpc) is 2.98. The van der Waals surface area contributed by atoms with Gasteiger partial charge in [0, 0.05) is 36.9 Å². The molecule has 1 unspecified atom stereocenters. The number of aromatic amines is 1. The molecule has 2 heterocycles. The van der Waals surface area contributed by atoms with Crippen LogP contribution >= 0.6 is 0 Å². The van der Waals surface area contributed by atoms with Crippen LogP contribution in [0.2, 0.25) is 0 Å². The molecule has 0 spiro atoms. The maximum atomic E-state index is 12.5. The van der Waals surface area contributed by atoms with Crippen molar-refractivity contribution < 1.29 is 8.42 Å². The van der Waals surface area contributed by atoms with Crippen LogP contribution in [-0.4, -0.2) is 23.0 Å². The SMILES string of the molecule is CC(NS(=O)(=O)c1cc(CN)n(C2CC2)c1)c1ncc[nH]1. The van der Waals surface area contributed by atoms with Gasteiger partial charge in [0.25, 0.3) is 0 Å². The smallest absolute Gasteiger partial charge is 0.242 e. The number of nitrogens with zero attached hydrogens (tertiary/aromatic N) is 2. The maximum absolute atomic E-state index is 12.5. The number of H-pyrrole nitrogens is 1. The Morgan fingerprint density at radius 1 is 1.57 bits per heavy atom. The highest BCUT2D eigenvalue weighted by molar-refractivity contribution is 7.89. The highest BCUT2D eigenvalue weighted by Gasteiger charge is 2.28. The van der Waals surface area contributed by atoms with Gasteiger partial charge >= 0.3 is 0 Å². The second-order valence-electron chi connectivity index (χ2n) is 5.33. The van der Waals surface area contributed by atoms with E-state index in [0.717, 1.165) is 18.5 Å². The lowest BCUT2D eigenvalue weighted by Crippen LogP contribution is -2.27. The standard InChI is InChI=1S/C13H19N5O2S/c1-9(13-15-4-5-16-13)17-21(19,20)12-6-11(7-14)18(8-12)10-2-3-10/h4-6,8-10,17H,2-3,7,14H2,1H3,(H,15,16). The number of hydrogen-bond acceptors (Lipinski definition) is 4. The van der Waals surface area contributed by atoms with Gasteiger partial charge in [-0.25, -0.2) is 18.1 Å². The molecular formula is C13H19N5O2S. The van der Waals surface area contributed by atoms with E-state index in [9.17, 15) is 8.42 Å². The Bertz CT molecular complexity index is 716. The lowest BCUT2D eigenvalue weighted by Gasteiger charge is -2.10. The van der Waals surface area contributed by atoms with Crippen molar-refractivity contribution in [3.63, 3.8) is 0 Å². The van der Waals surface area contributed by atoms with Gasteiger partial charge in [0.2, 0.25) is 10.0 Å². The van der Waals surface area contributed by atoms with Crippen molar-refractivity contribution in [2.45, 2.75) is 43.3 Å². The Morgan fingerprint density at radius 3 is 2.90 bits per heavy atom. The van der Waals surface area contributed by atoms with Gasteiger partial charge < -0.3 is 15.3 Å². The molecule has 0 aromatic carbocycles. The number of nitrogens with two attached hydrogens (primary N) is 1. The minimum absolute atomic E-state index is 0.258. The van der Waals surface area contributed by atoms with Gasteiger partial charge in [-0.15, -0.1) is 0 Å². The molecule has 0 aliphatic heterocycles. The minimum Gasteiger partial charge on any atom is -0.347 e. The summed E-state index contributed by atoms with van der Waals surface area (Å²) in [5.74, 6) is 0.583. The molecule has 7 nitrogen and oxygen atoms in total. The van der Waals surface area contributed by atoms with Crippen LogP contribution in [-0.2, 0) is 16.6 Å². The van der Waals surface area contributed by atoms with Crippen LogP contribution in [0.3, 0.4) is 0 Å². The Hall–Kier alpha value is -1.64. The molecule has 1 aliphatic carbocycles. The lowest BCUT2D eigenvalue weighted by atomic mass is 10.3. The highest BCUT2D eigenvalue weighted by atomic mass is 32.2. The van der Waals surface area contributed by atoms with E-state index in [1.165, 1.54) is 0 Å². The van der Waals surface area contributed by atoms with E-state index in [-0.39, 0.29) is 4.90 Å². The second-order valence-corrected chi connectivity index (χ2v) is 7.04. The predicted octanol–water partition coefficient (Wildman–Crippen LogP) is 1.04. The van der Waals surface area contributed by atoms with Crippen LogP contribution < -0.4 is 10.5 Å². The summed E-state index contributed by atoms with van der Waals surface area (Å²) < 4.78 is 29.5. The Balaban J connectivity index is 1.84. The van der Waals surface area contributed by atoms with Crippen molar-refractivity contribution >= 4 is 10.0 Å². The van der Waals surface area contributed by atoms with Gasteiger partial charge in [-0.3, -0.25) is 0 Å². The van der Waals surface area contributed by atoms with Gasteiger partial charge in [-0.2, -0.15) is 0 Å². The molecule has 2 aromatic rings. The third-order valence-corrected chi connectivity index (χ3v) is 5.14. The summed E-state index contributed by atoms with van der Waals surface area (Å²) in [5, 5.41) is 0. The zero-order valence-electron chi connectivity index (χ0n) is 11.8. The first kappa shape index (κ1) is 14.3. The largest absolute Gasteiger partial charge is 0.347 e. The van der Waals surface area contributed by atoms with Gasteiger partial charge in [-0.05, 0) is 25.8 Å². The van der Waals surface area contributed by atoms with E-state index in [0.29, 0.717) is 18.4 Å². The van der Waals surface area contributed by atoms with Crippen molar-refractivity contribution in [3.8, 4) is 0 Å². The molecule has 0 bridgehead atoms. The first-order valence-corrected chi connectivity index (χ1v) is 8.42. The average molecular weight is 309 g/mol. The van der Waals surface area contributed by atoms with Gasteiger partial charge in [0.05, 0.1) is 10.9 Å². The summed E-state index contributed by atoms with van der Waals surface area (Å²) in [7, 11) is -3.59. The molecular weight excluding hydrogens is 290 g/mol. The number of rotatable bonds is 6. The van der Waals surface area contributed by atoms with Gasteiger partial charge in [0.15, 0.2) is 0 Å². The van der Waals surface area contributed by atoms with Gasteiger partial charge in [-0.1, -0.05) is 0 Å². The summed E-state index contributed by atoms with van der Waals surface area (Å²) in [4.78, 5) is 7.22. The minimum atomic E-state index is -3.59. The van der Waals surface area contributed by atoms with Crippen molar-refractivity contribution in [2.75, 3.05) is 0 Å². The maximum Gasteiger partial charge on any atom is 0.242 e. The molecule has 8 heteroatoms. The first-order valence-electron chi connectivity index (χ1n) is 6.93. The van der Waals surface area contributed by atoms with Crippen LogP contribution in [0.25, 0.3) is 0 Å². The fraction of sp³-hybridized carbons (Fsp3) is 0.462. The summed E-state index contributed by atoms with van der Waals surface area (Å²) >= 11 is 0. The third-order valence-electron chi connectivity index (χ3n) is 3.63. The molecule has 1 saturated carbocycles. The second kappa shape index (κ2) is 5.28. The molecule has 0 saturated heterocycles. The zero-order valence-corrected chi connectivity index (χ0v) is 12.6. The zero-order chi connectivity index (χ0) is 15.0. The fourth-order valence-electron chi connectivity index (χ4n) is 2.37. The number of sulfonamides is 1. The molecule has 1 atom stereocenters. The Kier molecular flexibility index (Phi) is 3.60. The van der Waals surface area contributed by atoms with E-state index in [1.807, 2.05) is 4.57 Å². The molecule has 4 N–H and O–H groups in total. The number of imidazole rings is 1. The van der Waals surface area contributed by atoms with E-state index in [1.54, 1.807) is 31.6 Å². The molecule has 1 fully saturated rings. The normalized spacial score (nSPS) is 17.0. The number of aromatic nitrogens is 3. The lowest BCUT2D eigenvalue weighted by molar-refractivity contribution is 0.560. The Labute approximate surface area is 123 Å². The van der Waals surface area contributed by atoms with Crippen LogP contribution in [0.1, 0.15) is 43.4 Å². The quantitative estimate of drug-likeness (QED) is 0.741. The van der Waals surface area contributed by atoms with E-state index in [2.05, 4.69) is 14.7 Å². The molecule has 0 radical (unpaired) electrons. The molecule has 3 rings (SSSR count).